The number of carbonyl (C=O) groups excluding carboxylic acids is 6. The Kier molecular flexibility index (Phi) is 16.2. The van der Waals surface area contributed by atoms with Crippen molar-refractivity contribution in [2.24, 2.45) is 0 Å². The summed E-state index contributed by atoms with van der Waals surface area (Å²) in [5, 5.41) is 12.1. The summed E-state index contributed by atoms with van der Waals surface area (Å²) < 4.78 is 56.3. The monoisotopic (exact) mass is 1030 g/mol. The predicted molar refractivity (Wildman–Crippen MR) is 259 cm³/mol. The molecule has 4 aromatic carbocycles. The van der Waals surface area contributed by atoms with E-state index in [1.807, 2.05) is 18.2 Å². The lowest BCUT2D eigenvalue weighted by atomic mass is 9.90. The van der Waals surface area contributed by atoms with Crippen LogP contribution in [0, 0.1) is 23.3 Å². The van der Waals surface area contributed by atoms with Crippen molar-refractivity contribution in [3.05, 3.63) is 188 Å². The first-order valence-corrected chi connectivity index (χ1v) is 22.1. The number of benzene rings is 4. The van der Waals surface area contributed by atoms with Gasteiger partial charge in [-0.2, -0.15) is 0 Å². The van der Waals surface area contributed by atoms with Gasteiger partial charge in [-0.1, -0.05) is 50.2 Å². The number of amides is 8. The van der Waals surface area contributed by atoms with E-state index >= 15 is 4.39 Å². The fraction of sp³-hybridized carbons (Fsp3) is 0.200. The van der Waals surface area contributed by atoms with Crippen molar-refractivity contribution in [1.29, 1.82) is 0 Å². The summed E-state index contributed by atoms with van der Waals surface area (Å²) in [5.41, 5.74) is -0.171. The van der Waals surface area contributed by atoms with E-state index in [1.54, 1.807) is 30.6 Å². The summed E-state index contributed by atoms with van der Waals surface area (Å²) in [6, 6.07) is 21.7. The Labute approximate surface area is 419 Å². The van der Waals surface area contributed by atoms with Gasteiger partial charge in [0.25, 0.3) is 23.6 Å². The Morgan fingerprint density at radius 1 is 0.634 bits per heavy atom. The van der Waals surface area contributed by atoms with Crippen molar-refractivity contribution in [1.82, 2.24) is 30.8 Å². The molecule has 2 aromatic heterocycles. The molecule has 0 bridgehead atoms. The average molecular weight is 1030 g/mol. The molecule has 10 rings (SSSR count). The molecule has 4 heterocycles. The maximum atomic E-state index is 15.1. The molecule has 21 heteroatoms. The number of nitrogens with zero attached hydrogens (tertiary/aromatic N) is 3. The number of pyridine rings is 2. The maximum absolute atomic E-state index is 15.1. The van der Waals surface area contributed by atoms with Gasteiger partial charge in [-0.15, -0.1) is 11.6 Å². The highest BCUT2D eigenvalue weighted by Crippen LogP contribution is 2.45. The second kappa shape index (κ2) is 21.7. The Bertz CT molecular complexity index is 3090. The number of hydrogen-bond acceptors (Lipinski definition) is 8. The molecule has 2 unspecified atom stereocenters. The van der Waals surface area contributed by atoms with E-state index in [0.29, 0.717) is 22.7 Å². The van der Waals surface area contributed by atoms with E-state index < -0.39 is 70.0 Å². The number of carbonyl (C=O) groups is 6. The van der Waals surface area contributed by atoms with Crippen LogP contribution < -0.4 is 26.6 Å². The quantitative estimate of drug-likeness (QED) is 0.0593. The normalized spacial score (nSPS) is 17.8. The maximum Gasteiger partial charge on any atom is 0.325 e. The number of urea groups is 2. The molecule has 2 aliphatic carbocycles. The van der Waals surface area contributed by atoms with Crippen LogP contribution >= 0.6 is 34.8 Å². The lowest BCUT2D eigenvalue weighted by Gasteiger charge is -2.23. The molecule has 368 valence electrons. The smallest absolute Gasteiger partial charge is 0.322 e. The van der Waals surface area contributed by atoms with Gasteiger partial charge in [0.1, 0.15) is 34.3 Å². The predicted octanol–water partition coefficient (Wildman–Crippen LogP) is 10.1. The molecule has 8 amide bonds. The van der Waals surface area contributed by atoms with E-state index in [4.69, 9.17) is 34.8 Å². The zero-order chi connectivity index (χ0) is 49.2. The number of anilines is 2. The first-order chi connectivity index (χ1) is 33.0. The summed E-state index contributed by atoms with van der Waals surface area (Å²) in [6.45, 7) is -0.0598. The molecule has 2 fully saturated rings. The van der Waals surface area contributed by atoms with Gasteiger partial charge in [0.2, 0.25) is 0 Å². The van der Waals surface area contributed by atoms with Crippen LogP contribution in [0.3, 0.4) is 0 Å². The summed E-state index contributed by atoms with van der Waals surface area (Å²) in [6.07, 6.45) is 3.96. The van der Waals surface area contributed by atoms with E-state index in [1.165, 1.54) is 36.4 Å². The van der Waals surface area contributed by atoms with Gasteiger partial charge in [0, 0.05) is 46.0 Å². The van der Waals surface area contributed by atoms with Crippen molar-refractivity contribution in [2.75, 3.05) is 10.6 Å². The minimum absolute atomic E-state index is 0. The first kappa shape index (κ1) is 53.0. The first-order valence-electron chi connectivity index (χ1n) is 20.8. The molecule has 14 nitrogen and oxygen atoms in total. The van der Waals surface area contributed by atoms with Gasteiger partial charge >= 0.3 is 12.1 Å². The van der Waals surface area contributed by atoms with Crippen LogP contribution in [-0.4, -0.2) is 50.6 Å². The molecule has 0 saturated carbocycles. The fourth-order valence-electron chi connectivity index (χ4n) is 8.61. The Morgan fingerprint density at radius 3 is 1.55 bits per heavy atom. The van der Waals surface area contributed by atoms with Crippen molar-refractivity contribution < 1.29 is 46.3 Å². The summed E-state index contributed by atoms with van der Waals surface area (Å²) in [7, 11) is 0. The number of alkyl halides is 1. The third-order valence-corrected chi connectivity index (χ3v) is 12.6. The third-order valence-electron chi connectivity index (χ3n) is 11.7. The van der Waals surface area contributed by atoms with Crippen LogP contribution in [0.25, 0.3) is 0 Å². The molecule has 5 N–H and O–H groups in total. The molecular weight excluding hydrogens is 991 g/mol. The lowest BCUT2D eigenvalue weighted by molar-refractivity contribution is -0.132. The molecule has 2 atom stereocenters. The number of nitrogens with one attached hydrogen (secondary N) is 5. The zero-order valence-corrected chi connectivity index (χ0v) is 37.8. The zero-order valence-electron chi connectivity index (χ0n) is 35.6. The van der Waals surface area contributed by atoms with Crippen LogP contribution in [0.15, 0.2) is 109 Å². The largest absolute Gasteiger partial charge is 0.325 e. The topological polar surface area (TPSA) is 192 Å². The molecule has 4 aliphatic rings. The van der Waals surface area contributed by atoms with E-state index in [9.17, 15) is 41.9 Å². The number of aromatic nitrogens is 2. The van der Waals surface area contributed by atoms with Gasteiger partial charge in [-0.05, 0) is 122 Å². The summed E-state index contributed by atoms with van der Waals surface area (Å²) >= 11 is 17.0. The number of hydrogen-bond donors (Lipinski definition) is 5. The minimum atomic E-state index is -1.60. The van der Waals surface area contributed by atoms with Crippen LogP contribution in [-0.2, 0) is 45.9 Å². The molecule has 0 radical (unpaired) electrons. The van der Waals surface area contributed by atoms with Crippen molar-refractivity contribution in [3.8, 4) is 0 Å². The van der Waals surface area contributed by atoms with Gasteiger partial charge in [-0.3, -0.25) is 39.4 Å². The van der Waals surface area contributed by atoms with Crippen LogP contribution in [0.5, 0.6) is 0 Å². The van der Waals surface area contributed by atoms with Gasteiger partial charge < -0.3 is 21.3 Å². The third kappa shape index (κ3) is 10.4. The van der Waals surface area contributed by atoms with Gasteiger partial charge in [0.15, 0.2) is 0 Å². The number of fused-ring (bicyclic) bond motifs is 4. The molecule has 2 aliphatic heterocycles. The number of imide groups is 2. The van der Waals surface area contributed by atoms with E-state index in [-0.39, 0.29) is 90.8 Å². The van der Waals surface area contributed by atoms with Crippen molar-refractivity contribution >= 4 is 81.9 Å². The van der Waals surface area contributed by atoms with Crippen LogP contribution in [0.4, 0.5) is 38.5 Å². The fourth-order valence-corrected chi connectivity index (χ4v) is 9.13. The van der Waals surface area contributed by atoms with E-state index in [2.05, 4.69) is 36.6 Å². The highest BCUT2D eigenvalue weighted by Gasteiger charge is 2.57. The van der Waals surface area contributed by atoms with Crippen LogP contribution in [0.2, 0.25) is 10.0 Å². The number of rotatable bonds is 7. The standard InChI is InChI=1S/C24H17ClF2N4O3.C18H12ClF2N3O3.C6H6ClN.2CH4/c25-17-11-13(4-6-18(17)26)29-21(32)16-5-7-19(27)20-15(16)8-9-24(20)22(33)31(23(34)30-24)12-14-3-1-2-10-28-14;19-11-7-8(1-3-12(11)20)22-15(25)10-2-4-13(21)14-9(10)5-6-18(14)16(26)23-17(27)24-18;7-5-6-3-1-2-4-8-6;;/h1-7,10-11H,8-9,12H2,(H,29,32)(H,30,34);1-4,7H,5-6H2,(H,22,25)(H2,23,24,26,27);1-4H,5H2;2*1H4. The van der Waals surface area contributed by atoms with E-state index in [0.717, 1.165) is 34.9 Å². The SMILES string of the molecule is C.C.ClCc1ccccn1.O=C(Nc1ccc(F)c(Cl)c1)c1ccc(F)c2c1CCC21NC(=O)N(Cc2ccccn2)C1=O.O=C1NC(=O)C2(CCc3c(C(=O)Nc4ccc(F)c(Cl)c4)ccc(F)c32)N1. The molecule has 2 spiro atoms. The van der Waals surface area contributed by atoms with Crippen LogP contribution in [0.1, 0.15) is 82.1 Å². The second-order valence-electron chi connectivity index (χ2n) is 15.9. The molecule has 71 heavy (non-hydrogen) atoms. The van der Waals surface area contributed by atoms with Gasteiger partial charge in [-0.25, -0.2) is 27.2 Å². The Morgan fingerprint density at radius 2 is 1.11 bits per heavy atom. The summed E-state index contributed by atoms with van der Waals surface area (Å²) in [5.74, 6) is -4.49. The molecule has 6 aromatic rings. The Hall–Kier alpha value is -7.41. The average Bonchev–Trinajstić information content (AvgIpc) is 4.06. The highest BCUT2D eigenvalue weighted by molar-refractivity contribution is 6.31. The highest BCUT2D eigenvalue weighted by atomic mass is 35.5. The van der Waals surface area contributed by atoms with Crippen molar-refractivity contribution in [3.63, 3.8) is 0 Å². The lowest BCUT2D eigenvalue weighted by Crippen LogP contribution is -2.42. The minimum Gasteiger partial charge on any atom is -0.322 e. The van der Waals surface area contributed by atoms with Crippen molar-refractivity contribution in [2.45, 2.75) is 64.0 Å². The Balaban J connectivity index is 0.000000199. The number of halogens is 7. The van der Waals surface area contributed by atoms with Gasteiger partial charge in [0.05, 0.1) is 33.9 Å². The molecular formula is C50H43Cl3F4N8O6. The second-order valence-corrected chi connectivity index (χ2v) is 17.0. The summed E-state index contributed by atoms with van der Waals surface area (Å²) in [4.78, 5) is 84.7. The molecule has 2 saturated heterocycles.